The van der Waals surface area contributed by atoms with Gasteiger partial charge in [0, 0.05) is 31.2 Å². The highest BCUT2D eigenvalue weighted by atomic mass is 16.9. The molecule has 3 saturated heterocycles. The van der Waals surface area contributed by atoms with Gasteiger partial charge in [-0.1, -0.05) is 12.8 Å². The SMILES string of the molecule is CC(=O)c1ccc(OC(=O)[C@H]2O[C@H]3OC4(CCCCC4)O[C@@H]3[C@H]3OC4(CCCCC4)O[C@@H]32)cc1. The van der Waals surface area contributed by atoms with E-state index in [1.165, 1.54) is 6.92 Å². The summed E-state index contributed by atoms with van der Waals surface area (Å²) in [5.41, 5.74) is 0.553. The Morgan fingerprint density at radius 3 is 1.94 bits per heavy atom. The van der Waals surface area contributed by atoms with Crippen LogP contribution in [0.2, 0.25) is 0 Å². The molecule has 2 aliphatic carbocycles. The molecule has 5 fully saturated rings. The van der Waals surface area contributed by atoms with Crippen molar-refractivity contribution in [3.63, 3.8) is 0 Å². The molecule has 1 aromatic carbocycles. The number of hydrogen-bond donors (Lipinski definition) is 0. The average Bonchev–Trinajstić information content (AvgIpc) is 3.37. The van der Waals surface area contributed by atoms with Gasteiger partial charge in [0.25, 0.3) is 0 Å². The fourth-order valence-electron chi connectivity index (χ4n) is 6.08. The van der Waals surface area contributed by atoms with Crippen LogP contribution in [-0.2, 0) is 28.5 Å². The van der Waals surface area contributed by atoms with Crippen LogP contribution in [0.4, 0.5) is 0 Å². The summed E-state index contributed by atoms with van der Waals surface area (Å²) in [5.74, 6) is -1.65. The first-order valence-electron chi connectivity index (χ1n) is 12.7. The summed E-state index contributed by atoms with van der Waals surface area (Å²) in [7, 11) is 0. The van der Waals surface area contributed by atoms with E-state index in [4.69, 9.17) is 28.4 Å². The van der Waals surface area contributed by atoms with Gasteiger partial charge in [0.15, 0.2) is 29.8 Å². The number of Topliss-reactive ketones (excluding diaryl/α,β-unsaturated/α-hetero) is 1. The number of hydrogen-bond acceptors (Lipinski definition) is 8. The third kappa shape index (κ3) is 3.99. The first-order valence-corrected chi connectivity index (χ1v) is 12.7. The highest BCUT2D eigenvalue weighted by Gasteiger charge is 2.65. The first-order chi connectivity index (χ1) is 16.5. The van der Waals surface area contributed by atoms with E-state index >= 15 is 0 Å². The molecule has 6 rings (SSSR count). The van der Waals surface area contributed by atoms with Crippen molar-refractivity contribution in [2.75, 3.05) is 0 Å². The predicted octanol–water partition coefficient (Wildman–Crippen LogP) is 4.04. The standard InChI is InChI=1S/C26H32O8/c1-16(27)17-8-10-18(11-9-17)29-23(28)21-19-20(32-25(31-19)12-4-2-5-13-25)22-24(30-21)34-26(33-22)14-6-3-7-15-26/h8-11,19-22,24H,2-7,12-15H2,1H3/t19-,20-,21-,22+,24-/m0/s1. The van der Waals surface area contributed by atoms with Gasteiger partial charge in [0.05, 0.1) is 0 Å². The summed E-state index contributed by atoms with van der Waals surface area (Å²) >= 11 is 0. The third-order valence-electron chi connectivity index (χ3n) is 7.82. The topological polar surface area (TPSA) is 89.5 Å². The van der Waals surface area contributed by atoms with Crippen LogP contribution >= 0.6 is 0 Å². The maximum atomic E-state index is 13.3. The zero-order valence-electron chi connectivity index (χ0n) is 19.5. The normalized spacial score (nSPS) is 35.6. The van der Waals surface area contributed by atoms with Gasteiger partial charge in [-0.2, -0.15) is 0 Å². The minimum Gasteiger partial charge on any atom is -0.425 e. The Hall–Kier alpha value is -1.84. The van der Waals surface area contributed by atoms with Crippen LogP contribution in [-0.4, -0.2) is 54.0 Å². The van der Waals surface area contributed by atoms with Gasteiger partial charge in [-0.05, 0) is 56.9 Å². The molecule has 0 bridgehead atoms. The van der Waals surface area contributed by atoms with Gasteiger partial charge in [-0.25, -0.2) is 4.79 Å². The van der Waals surface area contributed by atoms with E-state index < -0.39 is 48.2 Å². The lowest BCUT2D eigenvalue weighted by Crippen LogP contribution is -2.58. The molecule has 8 nitrogen and oxygen atoms in total. The van der Waals surface area contributed by atoms with E-state index in [1.807, 2.05) is 0 Å². The Bertz CT molecular complexity index is 931. The fourth-order valence-corrected chi connectivity index (χ4v) is 6.08. The summed E-state index contributed by atoms with van der Waals surface area (Å²) in [4.78, 5) is 24.9. The number of ether oxygens (including phenoxy) is 6. The van der Waals surface area contributed by atoms with Crippen molar-refractivity contribution >= 4 is 11.8 Å². The molecule has 5 aliphatic rings. The Balaban J connectivity index is 1.25. The van der Waals surface area contributed by atoms with Crippen molar-refractivity contribution < 1.29 is 38.0 Å². The molecule has 0 aromatic heterocycles. The lowest BCUT2D eigenvalue weighted by Gasteiger charge is -2.35. The Morgan fingerprint density at radius 2 is 1.32 bits per heavy atom. The predicted molar refractivity (Wildman–Crippen MR) is 118 cm³/mol. The Labute approximate surface area is 199 Å². The molecule has 8 heteroatoms. The van der Waals surface area contributed by atoms with E-state index in [-0.39, 0.29) is 5.78 Å². The first kappa shape index (κ1) is 22.6. The minimum atomic E-state index is -0.998. The lowest BCUT2D eigenvalue weighted by molar-refractivity contribution is -0.250. The van der Waals surface area contributed by atoms with Gasteiger partial charge >= 0.3 is 5.97 Å². The molecule has 3 heterocycles. The van der Waals surface area contributed by atoms with E-state index in [0.717, 1.165) is 64.2 Å². The molecule has 3 aliphatic heterocycles. The molecule has 184 valence electrons. The number of carbonyl (C=O) groups excluding carboxylic acids is 2. The second kappa shape index (κ2) is 8.68. The van der Waals surface area contributed by atoms with Crippen LogP contribution in [0, 0.1) is 0 Å². The molecule has 0 N–H and O–H groups in total. The number of benzene rings is 1. The molecule has 2 saturated carbocycles. The maximum absolute atomic E-state index is 13.3. The van der Waals surface area contributed by atoms with Crippen molar-refractivity contribution in [3.05, 3.63) is 29.8 Å². The smallest absolute Gasteiger partial charge is 0.343 e. The van der Waals surface area contributed by atoms with Crippen LogP contribution in [0.15, 0.2) is 24.3 Å². The van der Waals surface area contributed by atoms with Crippen molar-refractivity contribution in [3.8, 4) is 5.75 Å². The zero-order valence-corrected chi connectivity index (χ0v) is 19.5. The van der Waals surface area contributed by atoms with Crippen LogP contribution < -0.4 is 4.74 Å². The molecule has 2 spiro atoms. The molecule has 0 radical (unpaired) electrons. The molecule has 5 atom stereocenters. The Kier molecular flexibility index (Phi) is 5.77. The van der Waals surface area contributed by atoms with E-state index in [0.29, 0.717) is 11.3 Å². The number of rotatable bonds is 3. The van der Waals surface area contributed by atoms with Crippen LogP contribution in [0.25, 0.3) is 0 Å². The third-order valence-corrected chi connectivity index (χ3v) is 7.82. The van der Waals surface area contributed by atoms with E-state index in [2.05, 4.69) is 0 Å². The monoisotopic (exact) mass is 472 g/mol. The largest absolute Gasteiger partial charge is 0.425 e. The van der Waals surface area contributed by atoms with Crippen LogP contribution in [0.1, 0.15) is 81.5 Å². The average molecular weight is 473 g/mol. The molecule has 34 heavy (non-hydrogen) atoms. The number of ketones is 1. The van der Waals surface area contributed by atoms with Crippen molar-refractivity contribution in [2.45, 2.75) is 113 Å². The number of fused-ring (bicyclic) bond motifs is 3. The highest BCUT2D eigenvalue weighted by molar-refractivity contribution is 5.94. The van der Waals surface area contributed by atoms with Gasteiger partial charge in [0.2, 0.25) is 0 Å². The summed E-state index contributed by atoms with van der Waals surface area (Å²) in [5, 5.41) is 0. The van der Waals surface area contributed by atoms with Gasteiger partial charge in [-0.15, -0.1) is 0 Å². The lowest BCUT2D eigenvalue weighted by atomic mass is 9.94. The van der Waals surface area contributed by atoms with Gasteiger partial charge in [0.1, 0.15) is 24.1 Å². The Morgan fingerprint density at radius 1 is 0.765 bits per heavy atom. The van der Waals surface area contributed by atoms with Crippen molar-refractivity contribution in [1.82, 2.24) is 0 Å². The minimum absolute atomic E-state index is 0.0494. The van der Waals surface area contributed by atoms with E-state index in [9.17, 15) is 9.59 Å². The summed E-state index contributed by atoms with van der Waals surface area (Å²) in [6.45, 7) is 1.49. The van der Waals surface area contributed by atoms with E-state index in [1.54, 1.807) is 24.3 Å². The summed E-state index contributed by atoms with van der Waals surface area (Å²) in [6, 6.07) is 6.49. The molecule has 0 amide bonds. The molecular weight excluding hydrogens is 440 g/mol. The van der Waals surface area contributed by atoms with Crippen molar-refractivity contribution in [2.24, 2.45) is 0 Å². The fraction of sp³-hybridized carbons (Fsp3) is 0.692. The second-order valence-electron chi connectivity index (χ2n) is 10.2. The van der Waals surface area contributed by atoms with Crippen molar-refractivity contribution in [1.29, 1.82) is 0 Å². The van der Waals surface area contributed by atoms with Gasteiger partial charge < -0.3 is 28.4 Å². The van der Waals surface area contributed by atoms with Crippen LogP contribution in [0.5, 0.6) is 5.75 Å². The number of esters is 1. The molecule has 1 aromatic rings. The molecular formula is C26H32O8. The summed E-state index contributed by atoms with van der Waals surface area (Å²) < 4.78 is 37.7. The zero-order chi connectivity index (χ0) is 23.3. The maximum Gasteiger partial charge on any atom is 0.343 e. The second-order valence-corrected chi connectivity index (χ2v) is 10.2. The molecule has 0 unspecified atom stereocenters. The number of carbonyl (C=O) groups is 2. The quantitative estimate of drug-likeness (QED) is 0.370. The highest BCUT2D eigenvalue weighted by Crippen LogP contribution is 2.51. The van der Waals surface area contributed by atoms with Gasteiger partial charge in [-0.3, -0.25) is 4.79 Å². The summed E-state index contributed by atoms with van der Waals surface area (Å²) in [6.07, 6.45) is 6.39. The van der Waals surface area contributed by atoms with Crippen LogP contribution in [0.3, 0.4) is 0 Å².